The molecule has 0 spiro atoms. The van der Waals surface area contributed by atoms with Crippen molar-refractivity contribution >= 4 is 17.3 Å². The van der Waals surface area contributed by atoms with E-state index in [0.29, 0.717) is 6.54 Å². The normalized spacial score (nSPS) is 18.9. The van der Waals surface area contributed by atoms with Crippen LogP contribution in [0, 0.1) is 0 Å². The maximum Gasteiger partial charge on any atom is 0.238 e. The topological polar surface area (TPSA) is 38.8 Å². The molecule has 0 unspecified atom stereocenters. The molecule has 4 rings (SSSR count). The minimum atomic E-state index is 0.0999. The average molecular weight is 421 g/mol. The third-order valence-electron chi connectivity index (χ3n) is 6.45. The average Bonchev–Trinajstić information content (AvgIpc) is 2.77. The molecule has 2 aliphatic heterocycles. The van der Waals surface area contributed by atoms with Gasteiger partial charge in [0.25, 0.3) is 0 Å². The number of hydrogen-bond acceptors (Lipinski definition) is 4. The van der Waals surface area contributed by atoms with Gasteiger partial charge in [-0.25, -0.2) is 0 Å². The summed E-state index contributed by atoms with van der Waals surface area (Å²) in [5.74, 6) is 0.0999. The number of carbonyl (C=O) groups excluding carboxylic acids is 1. The molecule has 0 atom stereocenters. The Morgan fingerprint density at radius 2 is 1.35 bits per heavy atom. The Hall–Kier alpha value is -2.37. The van der Waals surface area contributed by atoms with Crippen molar-refractivity contribution in [2.24, 2.45) is 0 Å². The van der Waals surface area contributed by atoms with E-state index in [9.17, 15) is 4.79 Å². The molecule has 2 heterocycles. The van der Waals surface area contributed by atoms with Crippen LogP contribution < -0.4 is 10.2 Å². The van der Waals surface area contributed by atoms with E-state index in [0.717, 1.165) is 51.5 Å². The predicted octanol–water partition coefficient (Wildman–Crippen LogP) is 4.21. The van der Waals surface area contributed by atoms with Gasteiger partial charge in [-0.1, -0.05) is 49.6 Å². The second-order valence-corrected chi connectivity index (χ2v) is 8.89. The van der Waals surface area contributed by atoms with E-state index in [1.54, 1.807) is 0 Å². The Labute approximate surface area is 187 Å². The van der Waals surface area contributed by atoms with Gasteiger partial charge in [-0.2, -0.15) is 0 Å². The van der Waals surface area contributed by atoms with E-state index in [1.165, 1.54) is 43.4 Å². The summed E-state index contributed by atoms with van der Waals surface area (Å²) in [7, 11) is 0. The van der Waals surface area contributed by atoms with E-state index >= 15 is 0 Å². The van der Waals surface area contributed by atoms with E-state index in [-0.39, 0.29) is 5.91 Å². The molecule has 1 N–H and O–H groups in total. The summed E-state index contributed by atoms with van der Waals surface area (Å²) in [5.41, 5.74) is 3.51. The van der Waals surface area contributed by atoms with Crippen molar-refractivity contribution < 1.29 is 4.79 Å². The van der Waals surface area contributed by atoms with Gasteiger partial charge in [-0.05, 0) is 55.8 Å². The number of carbonyl (C=O) groups is 1. The zero-order valence-electron chi connectivity index (χ0n) is 18.6. The maximum atomic E-state index is 12.5. The van der Waals surface area contributed by atoms with E-state index < -0.39 is 0 Å². The Kier molecular flexibility index (Phi) is 7.97. The second kappa shape index (κ2) is 11.3. The van der Waals surface area contributed by atoms with Crippen LogP contribution in [0.15, 0.2) is 54.6 Å². The first-order valence-electron chi connectivity index (χ1n) is 11.9. The highest BCUT2D eigenvalue weighted by atomic mass is 16.2. The molecule has 0 aliphatic carbocycles. The summed E-state index contributed by atoms with van der Waals surface area (Å²) in [6, 6.07) is 19.1. The number of benzene rings is 2. The first-order valence-corrected chi connectivity index (χ1v) is 11.9. The largest absolute Gasteiger partial charge is 0.369 e. The summed E-state index contributed by atoms with van der Waals surface area (Å²) in [4.78, 5) is 19.7. The van der Waals surface area contributed by atoms with Crippen LogP contribution in [0.25, 0.3) is 0 Å². The molecular formula is C26H36N4O. The van der Waals surface area contributed by atoms with Crippen LogP contribution in [0.1, 0.15) is 37.7 Å². The molecule has 0 radical (unpaired) electrons. The highest BCUT2D eigenvalue weighted by Gasteiger charge is 2.17. The predicted molar refractivity (Wildman–Crippen MR) is 129 cm³/mol. The maximum absolute atomic E-state index is 12.5. The van der Waals surface area contributed by atoms with Crippen LogP contribution in [-0.2, 0) is 11.3 Å². The number of hydrogen-bond donors (Lipinski definition) is 1. The number of nitrogens with one attached hydrogen (secondary N) is 1. The van der Waals surface area contributed by atoms with Gasteiger partial charge >= 0.3 is 0 Å². The van der Waals surface area contributed by atoms with Crippen molar-refractivity contribution in [1.29, 1.82) is 0 Å². The zero-order valence-corrected chi connectivity index (χ0v) is 18.6. The fourth-order valence-corrected chi connectivity index (χ4v) is 4.64. The minimum Gasteiger partial charge on any atom is -0.369 e. The third kappa shape index (κ3) is 6.81. The molecule has 2 aromatic carbocycles. The molecule has 2 aliphatic rings. The van der Waals surface area contributed by atoms with Gasteiger partial charge in [0, 0.05) is 44.1 Å². The van der Waals surface area contributed by atoms with Crippen LogP contribution in [0.4, 0.5) is 11.4 Å². The lowest BCUT2D eigenvalue weighted by Crippen LogP contribution is -2.45. The van der Waals surface area contributed by atoms with Crippen molar-refractivity contribution in [3.63, 3.8) is 0 Å². The highest BCUT2D eigenvalue weighted by molar-refractivity contribution is 5.92. The molecular weight excluding hydrogens is 384 g/mol. The molecule has 2 aromatic rings. The van der Waals surface area contributed by atoms with Crippen LogP contribution in [0.2, 0.25) is 0 Å². The molecule has 0 aromatic heterocycles. The number of rotatable bonds is 6. The van der Waals surface area contributed by atoms with Gasteiger partial charge in [0.15, 0.2) is 0 Å². The number of nitrogens with zero attached hydrogens (tertiary/aromatic N) is 3. The quantitative estimate of drug-likeness (QED) is 0.760. The molecule has 2 fully saturated rings. The van der Waals surface area contributed by atoms with Gasteiger partial charge in [-0.3, -0.25) is 14.6 Å². The summed E-state index contributed by atoms with van der Waals surface area (Å²) in [6.07, 6.45) is 6.34. The number of anilines is 2. The molecule has 5 nitrogen and oxygen atoms in total. The van der Waals surface area contributed by atoms with Gasteiger partial charge in [0.05, 0.1) is 6.54 Å². The van der Waals surface area contributed by atoms with Gasteiger partial charge in [0.2, 0.25) is 5.91 Å². The van der Waals surface area contributed by atoms with Crippen LogP contribution in [0.5, 0.6) is 0 Å². The summed E-state index contributed by atoms with van der Waals surface area (Å²) >= 11 is 0. The highest BCUT2D eigenvalue weighted by Crippen LogP contribution is 2.20. The van der Waals surface area contributed by atoms with Crippen molar-refractivity contribution in [2.75, 3.05) is 56.0 Å². The molecule has 31 heavy (non-hydrogen) atoms. The molecule has 166 valence electrons. The van der Waals surface area contributed by atoms with Crippen LogP contribution in [-0.4, -0.2) is 61.5 Å². The van der Waals surface area contributed by atoms with Crippen molar-refractivity contribution in [3.05, 3.63) is 60.2 Å². The van der Waals surface area contributed by atoms with Crippen LogP contribution in [0.3, 0.4) is 0 Å². The van der Waals surface area contributed by atoms with Gasteiger partial charge in [-0.15, -0.1) is 0 Å². The van der Waals surface area contributed by atoms with Crippen molar-refractivity contribution in [3.8, 4) is 0 Å². The fraction of sp³-hybridized carbons (Fsp3) is 0.500. The molecule has 0 bridgehead atoms. The Morgan fingerprint density at radius 3 is 2.03 bits per heavy atom. The summed E-state index contributed by atoms with van der Waals surface area (Å²) in [6.45, 7) is 7.83. The van der Waals surface area contributed by atoms with Crippen LogP contribution >= 0.6 is 0 Å². The fourth-order valence-electron chi connectivity index (χ4n) is 4.64. The summed E-state index contributed by atoms with van der Waals surface area (Å²) in [5, 5.41) is 3.08. The van der Waals surface area contributed by atoms with Crippen molar-refractivity contribution in [2.45, 2.75) is 38.6 Å². The Bertz CT molecular complexity index is 792. The first kappa shape index (κ1) is 21.8. The third-order valence-corrected chi connectivity index (χ3v) is 6.45. The Balaban J connectivity index is 1.22. The molecule has 1 amide bonds. The molecule has 5 heteroatoms. The first-order chi connectivity index (χ1) is 15.3. The van der Waals surface area contributed by atoms with E-state index in [4.69, 9.17) is 0 Å². The lowest BCUT2D eigenvalue weighted by Gasteiger charge is -2.36. The molecule has 0 saturated carbocycles. The van der Waals surface area contributed by atoms with E-state index in [1.807, 2.05) is 12.1 Å². The number of amides is 1. The van der Waals surface area contributed by atoms with Gasteiger partial charge in [0.1, 0.15) is 0 Å². The number of piperazine rings is 1. The Morgan fingerprint density at radius 1 is 0.710 bits per heavy atom. The van der Waals surface area contributed by atoms with E-state index in [2.05, 4.69) is 62.5 Å². The lowest BCUT2D eigenvalue weighted by molar-refractivity contribution is -0.117. The van der Waals surface area contributed by atoms with Crippen molar-refractivity contribution in [1.82, 2.24) is 9.80 Å². The monoisotopic (exact) mass is 420 g/mol. The zero-order chi connectivity index (χ0) is 21.3. The minimum absolute atomic E-state index is 0.0999. The van der Waals surface area contributed by atoms with Gasteiger partial charge < -0.3 is 10.2 Å². The second-order valence-electron chi connectivity index (χ2n) is 8.89. The smallest absolute Gasteiger partial charge is 0.238 e. The SMILES string of the molecule is O=C(CN1CCCCCCC1)Nc1ccc(N2CCN(Cc3ccccc3)CC2)cc1. The standard InChI is InChI=1S/C26H36N4O/c31-26(22-28-15-7-2-1-3-8-16-28)27-24-11-13-25(14-12-24)30-19-17-29(18-20-30)21-23-9-5-4-6-10-23/h4-6,9-14H,1-3,7-8,15-22H2,(H,27,31). The molecule has 2 saturated heterocycles. The lowest BCUT2D eigenvalue weighted by atomic mass is 10.1. The number of likely N-dealkylation sites (tertiary alicyclic amines) is 1. The summed E-state index contributed by atoms with van der Waals surface area (Å²) < 4.78 is 0.